The molecule has 0 aliphatic heterocycles. The molecule has 2 rings (SSSR count). The first-order valence-electron chi connectivity index (χ1n) is 6.32. The lowest BCUT2D eigenvalue weighted by molar-refractivity contribution is -0.137. The number of rotatable bonds is 4. The summed E-state index contributed by atoms with van der Waals surface area (Å²) in [5.41, 5.74) is -0.163. The Morgan fingerprint density at radius 1 is 1.05 bits per heavy atom. The van der Waals surface area contributed by atoms with Crippen LogP contribution in [0.2, 0.25) is 5.02 Å². The van der Waals surface area contributed by atoms with Gasteiger partial charge in [-0.1, -0.05) is 29.8 Å². The van der Waals surface area contributed by atoms with Crippen molar-refractivity contribution in [2.75, 3.05) is 17.2 Å². The molecule has 0 aliphatic rings. The number of hydrogen-bond donors (Lipinski definition) is 2. The van der Waals surface area contributed by atoms with Gasteiger partial charge in [-0.05, 0) is 30.3 Å². The van der Waals surface area contributed by atoms with Crippen molar-refractivity contribution >= 4 is 28.9 Å². The van der Waals surface area contributed by atoms with Crippen LogP contribution < -0.4 is 10.6 Å². The van der Waals surface area contributed by atoms with Gasteiger partial charge >= 0.3 is 6.18 Å². The summed E-state index contributed by atoms with van der Waals surface area (Å²) in [4.78, 5) is 11.7. The normalized spacial score (nSPS) is 11.1. The number of amides is 1. The highest BCUT2D eigenvalue weighted by Gasteiger charge is 2.33. The fourth-order valence-corrected chi connectivity index (χ4v) is 1.99. The van der Waals surface area contributed by atoms with Crippen molar-refractivity contribution in [2.45, 2.75) is 6.18 Å². The van der Waals surface area contributed by atoms with E-state index in [2.05, 4.69) is 10.6 Å². The zero-order valence-corrected chi connectivity index (χ0v) is 12.0. The van der Waals surface area contributed by atoms with Gasteiger partial charge in [-0.15, -0.1) is 0 Å². The molecule has 0 atom stereocenters. The van der Waals surface area contributed by atoms with Crippen LogP contribution in [0, 0.1) is 0 Å². The van der Waals surface area contributed by atoms with Crippen molar-refractivity contribution < 1.29 is 18.0 Å². The van der Waals surface area contributed by atoms with Crippen LogP contribution in [0.25, 0.3) is 0 Å². The third-order valence-corrected chi connectivity index (χ3v) is 3.11. The number of carbonyl (C=O) groups is 1. The number of para-hydroxylation sites is 1. The molecule has 2 aromatic carbocycles. The maximum absolute atomic E-state index is 12.7. The van der Waals surface area contributed by atoms with Crippen molar-refractivity contribution in [1.29, 1.82) is 0 Å². The van der Waals surface area contributed by atoms with Gasteiger partial charge < -0.3 is 10.6 Å². The summed E-state index contributed by atoms with van der Waals surface area (Å²) in [5.74, 6) is -0.366. The van der Waals surface area contributed by atoms with Crippen molar-refractivity contribution in [3.8, 4) is 0 Å². The quantitative estimate of drug-likeness (QED) is 0.873. The standard InChI is InChI=1S/C15H12ClF3N2O/c16-13-7-6-11(8-12(13)15(17,18)19)20-9-14(22)21-10-4-2-1-3-5-10/h1-8,20H,9H2,(H,21,22). The summed E-state index contributed by atoms with van der Waals surface area (Å²) in [6, 6.07) is 12.1. The molecule has 0 aromatic heterocycles. The average Bonchev–Trinajstić information content (AvgIpc) is 2.46. The SMILES string of the molecule is O=C(CNc1ccc(Cl)c(C(F)(F)F)c1)Nc1ccccc1. The molecular formula is C15H12ClF3N2O. The highest BCUT2D eigenvalue weighted by molar-refractivity contribution is 6.31. The lowest BCUT2D eigenvalue weighted by atomic mass is 10.2. The van der Waals surface area contributed by atoms with Crippen molar-refractivity contribution in [3.63, 3.8) is 0 Å². The first kappa shape index (κ1) is 16.2. The maximum atomic E-state index is 12.7. The Morgan fingerprint density at radius 2 is 1.73 bits per heavy atom. The largest absolute Gasteiger partial charge is 0.417 e. The minimum atomic E-state index is -4.54. The molecule has 0 spiro atoms. The second-order valence-corrected chi connectivity index (χ2v) is 4.87. The molecule has 3 nitrogen and oxygen atoms in total. The van der Waals surface area contributed by atoms with Gasteiger partial charge in [-0.25, -0.2) is 0 Å². The molecule has 22 heavy (non-hydrogen) atoms. The van der Waals surface area contributed by atoms with E-state index in [9.17, 15) is 18.0 Å². The molecule has 0 bridgehead atoms. The van der Waals surface area contributed by atoms with E-state index in [1.807, 2.05) is 0 Å². The molecular weight excluding hydrogens is 317 g/mol. The van der Waals surface area contributed by atoms with Crippen LogP contribution in [0.4, 0.5) is 24.5 Å². The summed E-state index contributed by atoms with van der Waals surface area (Å²) < 4.78 is 38.2. The number of carbonyl (C=O) groups excluding carboxylic acids is 1. The van der Waals surface area contributed by atoms with Crippen LogP contribution in [-0.4, -0.2) is 12.5 Å². The third-order valence-electron chi connectivity index (χ3n) is 2.78. The van der Waals surface area contributed by atoms with E-state index < -0.39 is 11.7 Å². The molecule has 0 aliphatic carbocycles. The van der Waals surface area contributed by atoms with E-state index >= 15 is 0 Å². The lowest BCUT2D eigenvalue weighted by Gasteiger charge is -2.12. The fourth-order valence-electron chi connectivity index (χ4n) is 1.76. The van der Waals surface area contributed by atoms with Crippen LogP contribution in [0.3, 0.4) is 0 Å². The molecule has 0 radical (unpaired) electrons. The molecule has 0 unspecified atom stereocenters. The van der Waals surface area contributed by atoms with Crippen LogP contribution in [0.15, 0.2) is 48.5 Å². The van der Waals surface area contributed by atoms with E-state index in [1.54, 1.807) is 30.3 Å². The van der Waals surface area contributed by atoms with E-state index in [4.69, 9.17) is 11.6 Å². The van der Waals surface area contributed by atoms with E-state index in [0.717, 1.165) is 12.1 Å². The predicted octanol–water partition coefficient (Wildman–Crippen LogP) is 4.41. The second kappa shape index (κ2) is 6.70. The van der Waals surface area contributed by atoms with Gasteiger partial charge in [0.2, 0.25) is 5.91 Å². The van der Waals surface area contributed by atoms with Gasteiger partial charge in [0.05, 0.1) is 17.1 Å². The molecule has 2 N–H and O–H groups in total. The topological polar surface area (TPSA) is 41.1 Å². The smallest absolute Gasteiger partial charge is 0.376 e. The summed E-state index contributed by atoms with van der Waals surface area (Å²) in [6.07, 6.45) is -4.54. The molecule has 7 heteroatoms. The van der Waals surface area contributed by atoms with Crippen LogP contribution in [-0.2, 0) is 11.0 Å². The van der Waals surface area contributed by atoms with Gasteiger partial charge in [0, 0.05) is 11.4 Å². The van der Waals surface area contributed by atoms with Crippen molar-refractivity contribution in [2.24, 2.45) is 0 Å². The van der Waals surface area contributed by atoms with Crippen LogP contribution in [0.5, 0.6) is 0 Å². The highest BCUT2D eigenvalue weighted by Crippen LogP contribution is 2.36. The van der Waals surface area contributed by atoms with E-state index in [0.29, 0.717) is 5.69 Å². The zero-order valence-electron chi connectivity index (χ0n) is 11.2. The Balaban J connectivity index is 1.98. The monoisotopic (exact) mass is 328 g/mol. The first-order chi connectivity index (χ1) is 10.4. The van der Waals surface area contributed by atoms with Crippen molar-refractivity contribution in [1.82, 2.24) is 0 Å². The van der Waals surface area contributed by atoms with E-state index in [-0.39, 0.29) is 23.2 Å². The van der Waals surface area contributed by atoms with Gasteiger partial charge in [-0.3, -0.25) is 4.79 Å². The van der Waals surface area contributed by atoms with Gasteiger partial charge in [0.15, 0.2) is 0 Å². The molecule has 0 heterocycles. The van der Waals surface area contributed by atoms with Crippen LogP contribution in [0.1, 0.15) is 5.56 Å². The zero-order chi connectivity index (χ0) is 16.2. The fraction of sp³-hybridized carbons (Fsp3) is 0.133. The average molecular weight is 329 g/mol. The number of benzene rings is 2. The van der Waals surface area contributed by atoms with E-state index in [1.165, 1.54) is 6.07 Å². The number of alkyl halides is 3. The van der Waals surface area contributed by atoms with Crippen molar-refractivity contribution in [3.05, 3.63) is 59.1 Å². The van der Waals surface area contributed by atoms with Crippen LogP contribution >= 0.6 is 11.6 Å². The number of nitrogens with one attached hydrogen (secondary N) is 2. The summed E-state index contributed by atoms with van der Waals surface area (Å²) >= 11 is 5.52. The minimum Gasteiger partial charge on any atom is -0.376 e. The Bertz CT molecular complexity index is 660. The van der Waals surface area contributed by atoms with Gasteiger partial charge in [-0.2, -0.15) is 13.2 Å². The predicted molar refractivity (Wildman–Crippen MR) is 80.0 cm³/mol. The first-order valence-corrected chi connectivity index (χ1v) is 6.69. The lowest BCUT2D eigenvalue weighted by Crippen LogP contribution is -2.21. The molecule has 0 saturated carbocycles. The minimum absolute atomic E-state index is 0.159. The maximum Gasteiger partial charge on any atom is 0.417 e. The number of hydrogen-bond acceptors (Lipinski definition) is 2. The van der Waals surface area contributed by atoms with Gasteiger partial charge in [0.25, 0.3) is 0 Å². The molecule has 2 aromatic rings. The summed E-state index contributed by atoms with van der Waals surface area (Å²) in [6.45, 7) is -0.159. The summed E-state index contributed by atoms with van der Waals surface area (Å²) in [5, 5.41) is 4.87. The summed E-state index contributed by atoms with van der Waals surface area (Å²) in [7, 11) is 0. The molecule has 1 amide bonds. The van der Waals surface area contributed by atoms with Gasteiger partial charge in [0.1, 0.15) is 0 Å². The molecule has 116 valence electrons. The molecule has 0 saturated heterocycles. The third kappa shape index (κ3) is 4.39. The Kier molecular flexibility index (Phi) is 4.92. The number of halogens is 4. The second-order valence-electron chi connectivity index (χ2n) is 4.46. The Morgan fingerprint density at radius 3 is 2.36 bits per heavy atom. The Labute approximate surface area is 130 Å². The molecule has 0 fully saturated rings. The Hall–Kier alpha value is -2.21. The number of anilines is 2. The highest BCUT2D eigenvalue weighted by atomic mass is 35.5.